The van der Waals surface area contributed by atoms with Gasteiger partial charge in [-0.05, 0) is 17.9 Å². The van der Waals surface area contributed by atoms with Gasteiger partial charge in [-0.3, -0.25) is 4.90 Å². The topological polar surface area (TPSA) is 3.24 Å². The maximum atomic E-state index is 2.58. The Labute approximate surface area is 86.7 Å². The van der Waals surface area contributed by atoms with E-state index in [1.165, 1.54) is 18.5 Å². The summed E-state index contributed by atoms with van der Waals surface area (Å²) in [5.41, 5.74) is 1.44. The molecule has 2 rings (SSSR count). The maximum absolute atomic E-state index is 2.58. The van der Waals surface area contributed by atoms with Crippen LogP contribution in [0.4, 0.5) is 0 Å². The van der Waals surface area contributed by atoms with Gasteiger partial charge in [-0.2, -0.15) is 0 Å². The maximum Gasteiger partial charge on any atom is 0.0236 e. The summed E-state index contributed by atoms with van der Waals surface area (Å²) >= 11 is 0. The highest BCUT2D eigenvalue weighted by atomic mass is 15.2. The first-order valence-corrected chi connectivity index (χ1v) is 5.55. The molecule has 0 bridgehead atoms. The molecule has 1 aromatic rings. The van der Waals surface area contributed by atoms with Crippen LogP contribution in [0.5, 0.6) is 0 Å². The fourth-order valence-corrected chi connectivity index (χ4v) is 2.23. The molecule has 0 saturated carbocycles. The van der Waals surface area contributed by atoms with Crippen LogP contribution in [0.2, 0.25) is 0 Å². The van der Waals surface area contributed by atoms with Crippen molar-refractivity contribution in [3.8, 4) is 0 Å². The fraction of sp³-hybridized carbons (Fsp3) is 0.538. The van der Waals surface area contributed by atoms with Gasteiger partial charge in [0, 0.05) is 19.1 Å². The van der Waals surface area contributed by atoms with Gasteiger partial charge in [-0.25, -0.2) is 0 Å². The van der Waals surface area contributed by atoms with Crippen LogP contribution in [0, 0.1) is 5.92 Å². The average Bonchev–Trinajstić information content (AvgIpc) is 2.13. The second kappa shape index (κ2) is 4.14. The molecule has 1 aliphatic rings. The Bertz CT molecular complexity index is 279. The second-order valence-corrected chi connectivity index (χ2v) is 4.56. The average molecular weight is 189 g/mol. The molecule has 1 aromatic carbocycles. The van der Waals surface area contributed by atoms with Gasteiger partial charge in [0.15, 0.2) is 0 Å². The molecule has 1 nitrogen and oxygen atoms in total. The number of likely N-dealkylation sites (tertiary alicyclic amines) is 1. The van der Waals surface area contributed by atoms with Crippen molar-refractivity contribution in [2.75, 3.05) is 6.54 Å². The van der Waals surface area contributed by atoms with Gasteiger partial charge in [-0.15, -0.1) is 0 Å². The van der Waals surface area contributed by atoms with E-state index in [0.29, 0.717) is 0 Å². The van der Waals surface area contributed by atoms with Gasteiger partial charge in [0.2, 0.25) is 0 Å². The van der Waals surface area contributed by atoms with E-state index in [4.69, 9.17) is 0 Å². The van der Waals surface area contributed by atoms with E-state index in [0.717, 1.165) is 18.5 Å². The lowest BCUT2D eigenvalue weighted by atomic mass is 9.91. The van der Waals surface area contributed by atoms with E-state index in [9.17, 15) is 0 Å². The highest BCUT2D eigenvalue weighted by Gasteiger charge is 2.29. The monoisotopic (exact) mass is 189 g/mol. The number of rotatable bonds is 3. The molecule has 0 amide bonds. The standard InChI is InChI=1S/C13H19N/c1-11(2)13-8-9-14(13)10-12-6-4-3-5-7-12/h3-7,11,13H,8-10H2,1-2H3. The summed E-state index contributed by atoms with van der Waals surface area (Å²) in [6, 6.07) is 11.6. The first-order chi connectivity index (χ1) is 6.77. The zero-order valence-electron chi connectivity index (χ0n) is 9.11. The molecule has 1 heterocycles. The van der Waals surface area contributed by atoms with Gasteiger partial charge in [0.1, 0.15) is 0 Å². The van der Waals surface area contributed by atoms with Crippen molar-refractivity contribution in [1.82, 2.24) is 4.90 Å². The lowest BCUT2D eigenvalue weighted by Gasteiger charge is -2.43. The molecule has 1 saturated heterocycles. The van der Waals surface area contributed by atoms with Crippen LogP contribution >= 0.6 is 0 Å². The van der Waals surface area contributed by atoms with Crippen LogP contribution < -0.4 is 0 Å². The summed E-state index contributed by atoms with van der Waals surface area (Å²) in [7, 11) is 0. The largest absolute Gasteiger partial charge is 0.296 e. The first kappa shape index (κ1) is 9.72. The van der Waals surface area contributed by atoms with Crippen molar-refractivity contribution in [3.05, 3.63) is 35.9 Å². The summed E-state index contributed by atoms with van der Waals surface area (Å²) in [6.45, 7) is 7.05. The van der Waals surface area contributed by atoms with E-state index < -0.39 is 0 Å². The van der Waals surface area contributed by atoms with Gasteiger partial charge in [0.05, 0.1) is 0 Å². The Morgan fingerprint density at radius 1 is 1.29 bits per heavy atom. The molecule has 1 aliphatic heterocycles. The highest BCUT2D eigenvalue weighted by molar-refractivity contribution is 5.15. The summed E-state index contributed by atoms with van der Waals surface area (Å²) in [4.78, 5) is 2.58. The molecule has 0 aliphatic carbocycles. The van der Waals surface area contributed by atoms with Crippen LogP contribution in [-0.4, -0.2) is 17.5 Å². The number of benzene rings is 1. The van der Waals surface area contributed by atoms with Gasteiger partial charge in [-0.1, -0.05) is 44.2 Å². The Kier molecular flexibility index (Phi) is 2.87. The third-order valence-electron chi connectivity index (χ3n) is 3.18. The molecule has 76 valence electrons. The first-order valence-electron chi connectivity index (χ1n) is 5.55. The third-order valence-corrected chi connectivity index (χ3v) is 3.18. The Hall–Kier alpha value is -0.820. The molecule has 0 spiro atoms. The van der Waals surface area contributed by atoms with E-state index in [-0.39, 0.29) is 0 Å². The molecular formula is C13H19N. The van der Waals surface area contributed by atoms with E-state index in [2.05, 4.69) is 49.1 Å². The molecule has 0 aromatic heterocycles. The second-order valence-electron chi connectivity index (χ2n) is 4.56. The van der Waals surface area contributed by atoms with Crippen molar-refractivity contribution in [3.63, 3.8) is 0 Å². The highest BCUT2D eigenvalue weighted by Crippen LogP contribution is 2.26. The van der Waals surface area contributed by atoms with Crippen LogP contribution in [0.1, 0.15) is 25.8 Å². The molecular weight excluding hydrogens is 170 g/mol. The normalized spacial score (nSPS) is 22.4. The Balaban J connectivity index is 1.93. The van der Waals surface area contributed by atoms with E-state index in [1.54, 1.807) is 0 Å². The quantitative estimate of drug-likeness (QED) is 0.706. The van der Waals surface area contributed by atoms with Crippen molar-refractivity contribution in [1.29, 1.82) is 0 Å². The zero-order valence-corrected chi connectivity index (χ0v) is 9.11. The van der Waals surface area contributed by atoms with Crippen LogP contribution in [0.25, 0.3) is 0 Å². The van der Waals surface area contributed by atoms with Crippen molar-refractivity contribution < 1.29 is 0 Å². The summed E-state index contributed by atoms with van der Waals surface area (Å²) in [5, 5.41) is 0. The van der Waals surface area contributed by atoms with Crippen molar-refractivity contribution in [2.45, 2.75) is 32.9 Å². The SMILES string of the molecule is CC(C)C1CCN1Cc1ccccc1. The van der Waals surface area contributed by atoms with E-state index >= 15 is 0 Å². The summed E-state index contributed by atoms with van der Waals surface area (Å²) in [5.74, 6) is 0.799. The van der Waals surface area contributed by atoms with Crippen LogP contribution in [-0.2, 0) is 6.54 Å². The summed E-state index contributed by atoms with van der Waals surface area (Å²) < 4.78 is 0. The minimum atomic E-state index is 0.799. The predicted molar refractivity (Wildman–Crippen MR) is 60.1 cm³/mol. The van der Waals surface area contributed by atoms with Gasteiger partial charge >= 0.3 is 0 Å². The number of hydrogen-bond acceptors (Lipinski definition) is 1. The lowest BCUT2D eigenvalue weighted by Crippen LogP contribution is -2.49. The fourth-order valence-electron chi connectivity index (χ4n) is 2.23. The molecule has 0 N–H and O–H groups in total. The van der Waals surface area contributed by atoms with Gasteiger partial charge < -0.3 is 0 Å². The predicted octanol–water partition coefficient (Wildman–Crippen LogP) is 2.92. The van der Waals surface area contributed by atoms with Crippen LogP contribution in [0.3, 0.4) is 0 Å². The minimum absolute atomic E-state index is 0.799. The van der Waals surface area contributed by atoms with Crippen molar-refractivity contribution in [2.24, 2.45) is 5.92 Å². The number of nitrogens with zero attached hydrogens (tertiary/aromatic N) is 1. The smallest absolute Gasteiger partial charge is 0.0236 e. The molecule has 1 atom stereocenters. The molecule has 0 radical (unpaired) electrons. The van der Waals surface area contributed by atoms with E-state index in [1.807, 2.05) is 0 Å². The molecule has 14 heavy (non-hydrogen) atoms. The summed E-state index contributed by atoms with van der Waals surface area (Å²) in [6.07, 6.45) is 1.38. The number of hydrogen-bond donors (Lipinski definition) is 0. The Morgan fingerprint density at radius 3 is 2.50 bits per heavy atom. The lowest BCUT2D eigenvalue weighted by molar-refractivity contribution is 0.0482. The molecule has 1 fully saturated rings. The van der Waals surface area contributed by atoms with Crippen LogP contribution in [0.15, 0.2) is 30.3 Å². The zero-order chi connectivity index (χ0) is 9.97. The van der Waals surface area contributed by atoms with Gasteiger partial charge in [0.25, 0.3) is 0 Å². The third kappa shape index (κ3) is 1.98. The minimum Gasteiger partial charge on any atom is -0.296 e. The Morgan fingerprint density at radius 2 is 2.00 bits per heavy atom. The van der Waals surface area contributed by atoms with Crippen molar-refractivity contribution >= 4 is 0 Å². The molecule has 1 unspecified atom stereocenters. The molecule has 1 heteroatoms.